The van der Waals surface area contributed by atoms with Crippen LogP contribution >= 0.6 is 11.3 Å². The maximum atomic E-state index is 14.1. The third-order valence-electron chi connectivity index (χ3n) is 8.15. The first-order valence-corrected chi connectivity index (χ1v) is 15.9. The van der Waals surface area contributed by atoms with E-state index >= 15 is 0 Å². The fraction of sp³-hybridized carbons (Fsp3) is 0.462. The first kappa shape index (κ1) is 27.5. The van der Waals surface area contributed by atoms with E-state index in [1.54, 1.807) is 13.0 Å². The number of pyridine rings is 1. The Morgan fingerprint density at radius 2 is 1.98 bits per heavy atom. The van der Waals surface area contributed by atoms with Gasteiger partial charge in [-0.2, -0.15) is 13.2 Å². The highest BCUT2D eigenvalue weighted by atomic mass is 32.2. The zero-order valence-corrected chi connectivity index (χ0v) is 23.9. The lowest BCUT2D eigenvalue weighted by molar-refractivity contribution is -0.137. The molecular formula is C26H26F3N7O4S2. The van der Waals surface area contributed by atoms with Crippen LogP contribution in [0.5, 0.6) is 0 Å². The zero-order chi connectivity index (χ0) is 29.4. The van der Waals surface area contributed by atoms with E-state index in [0.29, 0.717) is 41.0 Å². The number of carbonyl (C=O) groups is 1. The highest BCUT2D eigenvalue weighted by Gasteiger charge is 2.41. The van der Waals surface area contributed by atoms with E-state index in [1.807, 2.05) is 6.07 Å². The minimum absolute atomic E-state index is 0.0105. The van der Waals surface area contributed by atoms with Gasteiger partial charge in [0, 0.05) is 37.9 Å². The van der Waals surface area contributed by atoms with Gasteiger partial charge in [0.1, 0.15) is 16.3 Å². The van der Waals surface area contributed by atoms with Crippen molar-refractivity contribution in [1.29, 1.82) is 0 Å². The van der Waals surface area contributed by atoms with Gasteiger partial charge in [0.2, 0.25) is 5.95 Å². The number of halogens is 3. The molecule has 1 amide bonds. The van der Waals surface area contributed by atoms with Gasteiger partial charge in [0.05, 0.1) is 51.9 Å². The van der Waals surface area contributed by atoms with Crippen molar-refractivity contribution >= 4 is 44.5 Å². The quantitative estimate of drug-likeness (QED) is 0.439. The van der Waals surface area contributed by atoms with Gasteiger partial charge in [-0.3, -0.25) is 4.79 Å². The van der Waals surface area contributed by atoms with E-state index in [0.717, 1.165) is 31.4 Å². The minimum atomic E-state index is -4.82. The Balaban J connectivity index is 1.23. The fourth-order valence-corrected chi connectivity index (χ4v) is 8.74. The third-order valence-corrected chi connectivity index (χ3v) is 11.1. The number of aryl methyl sites for hydroxylation is 1. The average Bonchev–Trinajstić information content (AvgIpc) is 3.65. The predicted molar refractivity (Wildman–Crippen MR) is 148 cm³/mol. The average molecular weight is 622 g/mol. The summed E-state index contributed by atoms with van der Waals surface area (Å²) >= 11 is 0.686. The Bertz CT molecular complexity index is 1690. The highest BCUT2D eigenvalue weighted by Crippen LogP contribution is 2.42. The molecule has 0 unspecified atom stereocenters. The summed E-state index contributed by atoms with van der Waals surface area (Å²) in [7, 11) is -3.93. The number of amides is 1. The van der Waals surface area contributed by atoms with E-state index < -0.39 is 33.2 Å². The third kappa shape index (κ3) is 4.69. The Hall–Kier alpha value is -3.34. The van der Waals surface area contributed by atoms with Gasteiger partial charge in [0.15, 0.2) is 9.84 Å². The van der Waals surface area contributed by atoms with Gasteiger partial charge < -0.3 is 25.2 Å². The Morgan fingerprint density at radius 1 is 1.17 bits per heavy atom. The van der Waals surface area contributed by atoms with Crippen molar-refractivity contribution in [2.45, 2.75) is 42.5 Å². The summed E-state index contributed by atoms with van der Waals surface area (Å²) in [5, 5.41) is 6.41. The SMILES string of the molecule is Cc1nc(N2C[C@H]3C[C@@H]2CN3)ccc1Nc1ncc(C(F)(F)F)c(-c2cc3c(s2)C(=O)N(C2COC2)CCS3(=O)=O)n1. The molecule has 0 aliphatic carbocycles. The van der Waals surface area contributed by atoms with Gasteiger partial charge in [-0.1, -0.05) is 0 Å². The molecule has 3 saturated heterocycles. The second-order valence-electron chi connectivity index (χ2n) is 10.8. The number of nitrogens with zero attached hydrogens (tertiary/aromatic N) is 5. The summed E-state index contributed by atoms with van der Waals surface area (Å²) in [5.41, 5.74) is -0.512. The molecule has 3 fully saturated rings. The number of ether oxygens (including phenoxy) is 1. The van der Waals surface area contributed by atoms with Crippen LogP contribution in [0.15, 0.2) is 29.3 Å². The molecule has 2 N–H and O–H groups in total. The molecular weight excluding hydrogens is 595 g/mol. The Kier molecular flexibility index (Phi) is 6.45. The van der Waals surface area contributed by atoms with E-state index in [1.165, 1.54) is 4.90 Å². The van der Waals surface area contributed by atoms with Crippen LogP contribution in [0.2, 0.25) is 0 Å². The topological polar surface area (TPSA) is 130 Å². The van der Waals surface area contributed by atoms with Crippen LogP contribution in [-0.4, -0.2) is 90.9 Å². The van der Waals surface area contributed by atoms with E-state index in [2.05, 4.69) is 25.5 Å². The van der Waals surface area contributed by atoms with Crippen LogP contribution in [0.1, 0.15) is 27.3 Å². The Labute approximate surface area is 243 Å². The maximum Gasteiger partial charge on any atom is 0.420 e. The normalized spacial score (nSPS) is 23.6. The fourth-order valence-electron chi connectivity index (χ4n) is 5.82. The lowest BCUT2D eigenvalue weighted by atomic mass is 10.2. The van der Waals surface area contributed by atoms with Crippen molar-refractivity contribution in [1.82, 2.24) is 25.2 Å². The molecule has 42 heavy (non-hydrogen) atoms. The lowest BCUT2D eigenvalue weighted by Gasteiger charge is -2.36. The number of rotatable bonds is 5. The summed E-state index contributed by atoms with van der Waals surface area (Å²) < 4.78 is 73.6. The highest BCUT2D eigenvalue weighted by molar-refractivity contribution is 7.91. The molecule has 3 aromatic rings. The maximum absolute atomic E-state index is 14.1. The standard InChI is InChI=1S/C26H26F3N7O4S2/c1-13-18(2-3-21(32-13)36-10-14-6-15(36)8-30-14)33-25-31-9-17(26(27,28)29)22(34-25)19-7-20-23(41-19)24(37)35(16-11-40-12-16)4-5-42(20,38)39/h2-3,7,9,14-16,30H,4-6,8,10-12H2,1H3,(H,31,33,34)/t14-,15-/m1/s1. The van der Waals surface area contributed by atoms with E-state index in [-0.39, 0.29) is 52.2 Å². The van der Waals surface area contributed by atoms with Crippen molar-refractivity contribution < 1.29 is 31.1 Å². The number of hydrogen-bond acceptors (Lipinski definition) is 11. The second kappa shape index (κ2) is 9.86. The first-order valence-electron chi connectivity index (χ1n) is 13.4. The molecule has 222 valence electrons. The largest absolute Gasteiger partial charge is 0.420 e. The number of piperazine rings is 1. The number of sulfone groups is 1. The summed E-state index contributed by atoms with van der Waals surface area (Å²) in [6.07, 6.45) is -3.10. The summed E-state index contributed by atoms with van der Waals surface area (Å²) in [4.78, 5) is 29.3. The smallest absolute Gasteiger partial charge is 0.377 e. The number of thiophene rings is 1. The predicted octanol–water partition coefficient (Wildman–Crippen LogP) is 2.85. The molecule has 4 aliphatic heterocycles. The van der Waals surface area contributed by atoms with Crippen molar-refractivity contribution in [2.75, 3.05) is 48.8 Å². The molecule has 0 spiro atoms. The van der Waals surface area contributed by atoms with Crippen molar-refractivity contribution in [2.24, 2.45) is 0 Å². The van der Waals surface area contributed by atoms with E-state index in [9.17, 15) is 26.4 Å². The molecule has 2 atom stereocenters. The number of anilines is 3. The van der Waals surface area contributed by atoms with Crippen molar-refractivity contribution in [3.8, 4) is 10.6 Å². The number of nitrogens with one attached hydrogen (secondary N) is 2. The molecule has 16 heteroatoms. The van der Waals surface area contributed by atoms with Gasteiger partial charge in [-0.05, 0) is 31.5 Å². The molecule has 11 nitrogen and oxygen atoms in total. The van der Waals surface area contributed by atoms with Crippen LogP contribution in [-0.2, 0) is 20.8 Å². The summed E-state index contributed by atoms with van der Waals surface area (Å²) in [5.74, 6) is -0.167. The Morgan fingerprint density at radius 3 is 2.62 bits per heavy atom. The van der Waals surface area contributed by atoms with Crippen molar-refractivity contribution in [3.63, 3.8) is 0 Å². The molecule has 3 aromatic heterocycles. The molecule has 0 aromatic carbocycles. The van der Waals surface area contributed by atoms with Gasteiger partial charge in [-0.15, -0.1) is 11.3 Å². The zero-order valence-electron chi connectivity index (χ0n) is 22.3. The van der Waals surface area contributed by atoms with Gasteiger partial charge in [-0.25, -0.2) is 23.4 Å². The first-order chi connectivity index (χ1) is 20.0. The number of alkyl halides is 3. The molecule has 2 bridgehead atoms. The minimum Gasteiger partial charge on any atom is -0.377 e. The van der Waals surface area contributed by atoms with Crippen LogP contribution < -0.4 is 15.5 Å². The molecule has 0 saturated carbocycles. The summed E-state index contributed by atoms with van der Waals surface area (Å²) in [6.45, 7) is 4.11. The number of hydrogen-bond donors (Lipinski definition) is 2. The molecule has 4 aliphatic rings. The van der Waals surface area contributed by atoms with E-state index in [4.69, 9.17) is 9.72 Å². The lowest BCUT2D eigenvalue weighted by Crippen LogP contribution is -2.52. The van der Waals surface area contributed by atoms with Crippen LogP contribution in [0.3, 0.4) is 0 Å². The van der Waals surface area contributed by atoms with Crippen LogP contribution in [0, 0.1) is 6.92 Å². The number of carbonyl (C=O) groups excluding carboxylic acids is 1. The number of fused-ring (bicyclic) bond motifs is 3. The van der Waals surface area contributed by atoms with Crippen molar-refractivity contribution in [3.05, 3.63) is 40.5 Å². The van der Waals surface area contributed by atoms with Gasteiger partial charge in [0.25, 0.3) is 5.91 Å². The summed E-state index contributed by atoms with van der Waals surface area (Å²) in [6, 6.07) is 5.32. The monoisotopic (exact) mass is 621 g/mol. The molecule has 0 radical (unpaired) electrons. The second-order valence-corrected chi connectivity index (χ2v) is 14.0. The molecule has 7 heterocycles. The van der Waals surface area contributed by atoms with Crippen LogP contribution in [0.25, 0.3) is 10.6 Å². The molecule has 7 rings (SSSR count). The number of aromatic nitrogens is 3. The van der Waals surface area contributed by atoms with Gasteiger partial charge >= 0.3 is 6.18 Å². The van der Waals surface area contributed by atoms with Crippen LogP contribution in [0.4, 0.5) is 30.6 Å².